The molecule has 78 valence electrons. The third kappa shape index (κ3) is 2.43. The predicted molar refractivity (Wildman–Crippen MR) is 54.8 cm³/mol. The van der Waals surface area contributed by atoms with Crippen molar-refractivity contribution in [1.82, 2.24) is 4.98 Å². The minimum absolute atomic E-state index is 0.181. The average molecular weight is 196 g/mol. The Morgan fingerprint density at radius 3 is 2.50 bits per heavy atom. The normalized spacial score (nSPS) is 15.5. The van der Waals surface area contributed by atoms with Crippen LogP contribution in [0, 0.1) is 5.92 Å². The van der Waals surface area contributed by atoms with E-state index >= 15 is 0 Å². The van der Waals surface area contributed by atoms with E-state index in [4.69, 9.17) is 5.73 Å². The molecule has 0 unspecified atom stereocenters. The highest BCUT2D eigenvalue weighted by atomic mass is 16.3. The Kier molecular flexibility index (Phi) is 3.43. The van der Waals surface area contributed by atoms with E-state index in [1.165, 1.54) is 12.3 Å². The standard InChI is InChI=1S/C10H16N2O2/c1-6(2)9(11)10(14)7-3-4-8(13)12-5-7/h3-6,9-10,14H,11H2,1-2H3,(H,12,13)/t9-,10+/m0/s1. The van der Waals surface area contributed by atoms with E-state index < -0.39 is 6.10 Å². The number of aromatic amines is 1. The van der Waals surface area contributed by atoms with Crippen molar-refractivity contribution in [3.8, 4) is 0 Å². The number of rotatable bonds is 3. The van der Waals surface area contributed by atoms with Crippen LogP contribution in [0.5, 0.6) is 0 Å². The second kappa shape index (κ2) is 4.39. The number of aliphatic hydroxyl groups is 1. The first kappa shape index (κ1) is 10.9. The number of nitrogens with two attached hydrogens (primary N) is 1. The second-order valence-electron chi connectivity index (χ2n) is 3.75. The quantitative estimate of drug-likeness (QED) is 0.654. The van der Waals surface area contributed by atoms with Gasteiger partial charge in [-0.25, -0.2) is 0 Å². The van der Waals surface area contributed by atoms with Crippen molar-refractivity contribution >= 4 is 0 Å². The fourth-order valence-electron chi connectivity index (χ4n) is 1.19. The number of hydrogen-bond donors (Lipinski definition) is 3. The molecule has 0 aliphatic heterocycles. The lowest BCUT2D eigenvalue weighted by atomic mass is 9.95. The van der Waals surface area contributed by atoms with Crippen LogP contribution in [0.2, 0.25) is 0 Å². The van der Waals surface area contributed by atoms with Gasteiger partial charge in [0.2, 0.25) is 5.56 Å². The number of hydrogen-bond acceptors (Lipinski definition) is 3. The Labute approximate surface area is 82.8 Å². The maximum absolute atomic E-state index is 10.8. The summed E-state index contributed by atoms with van der Waals surface area (Å²) in [4.78, 5) is 13.3. The Balaban J connectivity index is 2.84. The van der Waals surface area contributed by atoms with E-state index in [-0.39, 0.29) is 17.5 Å². The van der Waals surface area contributed by atoms with Crippen molar-refractivity contribution in [3.05, 3.63) is 34.2 Å². The molecule has 2 atom stereocenters. The van der Waals surface area contributed by atoms with Crippen LogP contribution < -0.4 is 11.3 Å². The molecule has 0 saturated heterocycles. The monoisotopic (exact) mass is 196 g/mol. The third-order valence-corrected chi connectivity index (χ3v) is 2.28. The molecule has 1 aromatic heterocycles. The van der Waals surface area contributed by atoms with Crippen molar-refractivity contribution in [2.75, 3.05) is 0 Å². The highest BCUT2D eigenvalue weighted by Gasteiger charge is 2.19. The molecule has 1 rings (SSSR count). The number of aliphatic hydroxyl groups excluding tert-OH is 1. The van der Waals surface area contributed by atoms with Crippen molar-refractivity contribution in [2.24, 2.45) is 11.7 Å². The third-order valence-electron chi connectivity index (χ3n) is 2.28. The molecule has 0 spiro atoms. The van der Waals surface area contributed by atoms with E-state index in [9.17, 15) is 9.90 Å². The van der Waals surface area contributed by atoms with E-state index in [1.54, 1.807) is 6.07 Å². The molecule has 0 aliphatic rings. The summed E-state index contributed by atoms with van der Waals surface area (Å²) < 4.78 is 0. The van der Waals surface area contributed by atoms with Gasteiger partial charge < -0.3 is 15.8 Å². The van der Waals surface area contributed by atoms with Gasteiger partial charge in [-0.15, -0.1) is 0 Å². The lowest BCUT2D eigenvalue weighted by Crippen LogP contribution is -2.33. The largest absolute Gasteiger partial charge is 0.387 e. The average Bonchev–Trinajstić information content (AvgIpc) is 2.16. The van der Waals surface area contributed by atoms with Gasteiger partial charge in [-0.1, -0.05) is 13.8 Å². The maximum atomic E-state index is 10.8. The molecule has 14 heavy (non-hydrogen) atoms. The topological polar surface area (TPSA) is 79.1 Å². The highest BCUT2D eigenvalue weighted by Crippen LogP contribution is 2.18. The van der Waals surface area contributed by atoms with Gasteiger partial charge in [0.05, 0.1) is 6.10 Å². The van der Waals surface area contributed by atoms with Gasteiger partial charge in [-0.05, 0) is 17.5 Å². The number of aromatic nitrogens is 1. The minimum Gasteiger partial charge on any atom is -0.387 e. The van der Waals surface area contributed by atoms with E-state index in [0.717, 1.165) is 0 Å². The molecule has 0 amide bonds. The van der Waals surface area contributed by atoms with Gasteiger partial charge in [-0.2, -0.15) is 0 Å². The first-order valence-electron chi connectivity index (χ1n) is 4.64. The fourth-order valence-corrected chi connectivity index (χ4v) is 1.19. The molecule has 4 N–H and O–H groups in total. The van der Waals surface area contributed by atoms with Gasteiger partial charge in [0.1, 0.15) is 0 Å². The summed E-state index contributed by atoms with van der Waals surface area (Å²) in [6, 6.07) is 2.65. The van der Waals surface area contributed by atoms with E-state index in [2.05, 4.69) is 4.98 Å². The highest BCUT2D eigenvalue weighted by molar-refractivity contribution is 5.13. The van der Waals surface area contributed by atoms with Crippen LogP contribution in [0.1, 0.15) is 25.5 Å². The van der Waals surface area contributed by atoms with Crippen LogP contribution >= 0.6 is 0 Å². The molecule has 0 fully saturated rings. The van der Waals surface area contributed by atoms with Gasteiger partial charge in [-0.3, -0.25) is 4.79 Å². The summed E-state index contributed by atoms with van der Waals surface area (Å²) in [7, 11) is 0. The van der Waals surface area contributed by atoms with Gasteiger partial charge in [0.15, 0.2) is 0 Å². The van der Waals surface area contributed by atoms with E-state index in [0.29, 0.717) is 5.56 Å². The molecule has 0 bridgehead atoms. The van der Waals surface area contributed by atoms with Gasteiger partial charge in [0.25, 0.3) is 0 Å². The van der Waals surface area contributed by atoms with Crippen LogP contribution in [-0.4, -0.2) is 16.1 Å². The summed E-state index contributed by atoms with van der Waals surface area (Å²) in [5.41, 5.74) is 6.25. The van der Waals surface area contributed by atoms with Gasteiger partial charge in [0, 0.05) is 18.3 Å². The molecule has 0 saturated carbocycles. The summed E-state index contributed by atoms with van der Waals surface area (Å²) in [6.07, 6.45) is 0.766. The summed E-state index contributed by atoms with van der Waals surface area (Å²) in [5, 5.41) is 9.80. The molecule has 1 heterocycles. The number of nitrogens with one attached hydrogen (secondary N) is 1. The van der Waals surface area contributed by atoms with Crippen LogP contribution in [0.4, 0.5) is 0 Å². The summed E-state index contributed by atoms with van der Waals surface area (Å²) in [6.45, 7) is 3.89. The van der Waals surface area contributed by atoms with Crippen molar-refractivity contribution in [1.29, 1.82) is 0 Å². The zero-order valence-electron chi connectivity index (χ0n) is 8.40. The Bertz CT molecular complexity index is 326. The van der Waals surface area contributed by atoms with Gasteiger partial charge >= 0.3 is 0 Å². The fraction of sp³-hybridized carbons (Fsp3) is 0.500. The first-order chi connectivity index (χ1) is 6.52. The number of pyridine rings is 1. The smallest absolute Gasteiger partial charge is 0.247 e. The zero-order valence-corrected chi connectivity index (χ0v) is 8.40. The SMILES string of the molecule is CC(C)[C@H](N)[C@H](O)c1ccc(=O)[nH]c1. The molecular weight excluding hydrogens is 180 g/mol. The van der Waals surface area contributed by atoms with E-state index in [1.807, 2.05) is 13.8 Å². The summed E-state index contributed by atoms with van der Waals surface area (Å²) in [5.74, 6) is 0.192. The molecule has 1 aromatic rings. The number of H-pyrrole nitrogens is 1. The second-order valence-corrected chi connectivity index (χ2v) is 3.75. The predicted octanol–water partition coefficient (Wildman–Crippen LogP) is 0.392. The molecule has 0 radical (unpaired) electrons. The lowest BCUT2D eigenvalue weighted by molar-refractivity contribution is 0.125. The Morgan fingerprint density at radius 2 is 2.07 bits per heavy atom. The zero-order chi connectivity index (χ0) is 10.7. The Morgan fingerprint density at radius 1 is 1.43 bits per heavy atom. The molecule has 4 nitrogen and oxygen atoms in total. The van der Waals surface area contributed by atoms with Crippen molar-refractivity contribution in [3.63, 3.8) is 0 Å². The maximum Gasteiger partial charge on any atom is 0.247 e. The first-order valence-corrected chi connectivity index (χ1v) is 4.64. The van der Waals surface area contributed by atoms with Crippen LogP contribution in [0.15, 0.2) is 23.1 Å². The molecule has 0 aromatic carbocycles. The van der Waals surface area contributed by atoms with Crippen LogP contribution in [-0.2, 0) is 0 Å². The Hall–Kier alpha value is -1.13. The van der Waals surface area contributed by atoms with Crippen LogP contribution in [0.25, 0.3) is 0 Å². The van der Waals surface area contributed by atoms with Crippen molar-refractivity contribution in [2.45, 2.75) is 26.0 Å². The molecule has 4 heteroatoms. The summed E-state index contributed by atoms with van der Waals surface area (Å²) >= 11 is 0. The molecule has 0 aliphatic carbocycles. The molecular formula is C10H16N2O2. The minimum atomic E-state index is -0.730. The van der Waals surface area contributed by atoms with Crippen LogP contribution in [0.3, 0.4) is 0 Å². The lowest BCUT2D eigenvalue weighted by Gasteiger charge is -2.22. The van der Waals surface area contributed by atoms with Crippen molar-refractivity contribution < 1.29 is 5.11 Å².